The van der Waals surface area contributed by atoms with Crippen molar-refractivity contribution in [2.75, 3.05) is 6.54 Å². The number of hydrogen-bond acceptors (Lipinski definition) is 4. The van der Waals surface area contributed by atoms with Gasteiger partial charge in [-0.1, -0.05) is 11.6 Å². The summed E-state index contributed by atoms with van der Waals surface area (Å²) in [5.74, 6) is 0.673. The molecule has 0 fully saturated rings. The molecule has 0 aliphatic carbocycles. The molecule has 0 aromatic carbocycles. The molecule has 3 rings (SSSR count). The van der Waals surface area contributed by atoms with Gasteiger partial charge in [0.15, 0.2) is 11.5 Å². The second kappa shape index (κ2) is 5.73. The van der Waals surface area contributed by atoms with E-state index in [1.807, 2.05) is 0 Å². The maximum absolute atomic E-state index is 13.0. The van der Waals surface area contributed by atoms with Crippen LogP contribution in [0.2, 0.25) is 0 Å². The summed E-state index contributed by atoms with van der Waals surface area (Å²) >= 11 is 5.79. The van der Waals surface area contributed by atoms with E-state index in [1.165, 1.54) is 23.3 Å². The minimum Gasteiger partial charge on any atom is -0.367 e. The van der Waals surface area contributed by atoms with Gasteiger partial charge < -0.3 is 14.5 Å². The number of rotatable bonds is 3. The third-order valence-corrected chi connectivity index (χ3v) is 3.49. The van der Waals surface area contributed by atoms with Crippen molar-refractivity contribution in [1.29, 1.82) is 0 Å². The van der Waals surface area contributed by atoms with E-state index in [0.717, 1.165) is 6.20 Å². The van der Waals surface area contributed by atoms with Gasteiger partial charge >= 0.3 is 6.18 Å². The molecule has 1 N–H and O–H groups in total. The highest BCUT2D eigenvalue weighted by Crippen LogP contribution is 2.30. The molecule has 0 saturated heterocycles. The average Bonchev–Trinajstić information content (AvgIpc) is 3.07. The summed E-state index contributed by atoms with van der Waals surface area (Å²) in [5.41, 5.74) is -0.482. The van der Waals surface area contributed by atoms with Crippen molar-refractivity contribution >= 4 is 17.4 Å². The fourth-order valence-electron chi connectivity index (χ4n) is 2.13. The van der Waals surface area contributed by atoms with Crippen molar-refractivity contribution in [2.45, 2.75) is 12.7 Å². The fourth-order valence-corrected chi connectivity index (χ4v) is 2.25. The van der Waals surface area contributed by atoms with Gasteiger partial charge in [-0.3, -0.25) is 0 Å². The first kappa shape index (κ1) is 15.6. The second-order valence-electron chi connectivity index (χ2n) is 4.97. The number of aromatic nitrogens is 4. The third-order valence-electron chi connectivity index (χ3n) is 3.25. The third kappa shape index (κ3) is 3.24. The van der Waals surface area contributed by atoms with Crippen LogP contribution in [-0.2, 0) is 19.8 Å². The topological polar surface area (TPSA) is 60.0 Å². The molecule has 23 heavy (non-hydrogen) atoms. The van der Waals surface area contributed by atoms with Crippen LogP contribution in [0.15, 0.2) is 34.9 Å². The van der Waals surface area contributed by atoms with Gasteiger partial charge in [0.1, 0.15) is 11.5 Å². The van der Waals surface area contributed by atoms with Gasteiger partial charge in [0, 0.05) is 19.4 Å². The van der Waals surface area contributed by atoms with Crippen molar-refractivity contribution in [3.05, 3.63) is 35.6 Å². The van der Waals surface area contributed by atoms with E-state index in [1.54, 1.807) is 11.6 Å². The zero-order chi connectivity index (χ0) is 16.6. The van der Waals surface area contributed by atoms with E-state index in [4.69, 9.17) is 11.6 Å². The van der Waals surface area contributed by atoms with Crippen LogP contribution in [0.3, 0.4) is 0 Å². The first-order chi connectivity index (χ1) is 10.8. The summed E-state index contributed by atoms with van der Waals surface area (Å²) in [7, 11) is 1.69. The van der Waals surface area contributed by atoms with E-state index in [2.05, 4.69) is 20.3 Å². The first-order valence-electron chi connectivity index (χ1n) is 6.61. The van der Waals surface area contributed by atoms with E-state index in [0.29, 0.717) is 23.1 Å². The van der Waals surface area contributed by atoms with Gasteiger partial charge in [0.25, 0.3) is 0 Å². The number of hydrogen-bond donors (Lipinski definition) is 1. The molecule has 10 heteroatoms. The summed E-state index contributed by atoms with van der Waals surface area (Å²) < 4.78 is 41.9. The van der Waals surface area contributed by atoms with Gasteiger partial charge in [-0.2, -0.15) is 13.2 Å². The lowest BCUT2D eigenvalue weighted by atomic mass is 10.4. The van der Waals surface area contributed by atoms with Crippen molar-refractivity contribution in [2.24, 2.45) is 12.0 Å². The molecule has 2 aromatic rings. The smallest absolute Gasteiger partial charge is 0.367 e. The molecular formula is C13H12ClF3N6. The van der Waals surface area contributed by atoms with Crippen molar-refractivity contribution in [3.8, 4) is 11.5 Å². The molecule has 122 valence electrons. The summed E-state index contributed by atoms with van der Waals surface area (Å²) in [6.45, 7) is 0.506. The summed E-state index contributed by atoms with van der Waals surface area (Å²) in [6, 6.07) is 0. The lowest BCUT2D eigenvalue weighted by Crippen LogP contribution is -2.31. The molecular weight excluding hydrogens is 333 g/mol. The predicted octanol–water partition coefficient (Wildman–Crippen LogP) is 2.38. The number of amidine groups is 1. The Balaban J connectivity index is 2.01. The Hall–Kier alpha value is -2.29. The predicted molar refractivity (Wildman–Crippen MR) is 78.8 cm³/mol. The van der Waals surface area contributed by atoms with Gasteiger partial charge in [-0.15, -0.1) is 0 Å². The molecule has 0 unspecified atom stereocenters. The summed E-state index contributed by atoms with van der Waals surface area (Å²) in [6.07, 6.45) is 0.876. The molecule has 1 aliphatic rings. The van der Waals surface area contributed by atoms with E-state index in [9.17, 15) is 13.2 Å². The largest absolute Gasteiger partial charge is 0.434 e. The molecule has 3 heterocycles. The van der Waals surface area contributed by atoms with Crippen LogP contribution in [0, 0.1) is 0 Å². The summed E-state index contributed by atoms with van der Waals surface area (Å²) in [4.78, 5) is 11.7. The van der Waals surface area contributed by atoms with Crippen LogP contribution in [0.5, 0.6) is 0 Å². The lowest BCUT2D eigenvalue weighted by Gasteiger charge is -2.14. The maximum atomic E-state index is 13.0. The molecule has 0 radical (unpaired) electrons. The molecule has 0 spiro atoms. The monoisotopic (exact) mass is 344 g/mol. The highest BCUT2D eigenvalue weighted by atomic mass is 35.5. The fraction of sp³-hybridized carbons (Fsp3) is 0.308. The minimum absolute atomic E-state index is 0.115. The van der Waals surface area contributed by atoms with Crippen LogP contribution in [0.25, 0.3) is 11.5 Å². The highest BCUT2D eigenvalue weighted by molar-refractivity contribution is 6.30. The number of nitrogens with one attached hydrogen (secondary N) is 1. The van der Waals surface area contributed by atoms with Gasteiger partial charge in [0.05, 0.1) is 30.6 Å². The number of nitrogens with zero attached hydrogens (tertiary/aromatic N) is 5. The number of aliphatic imine (C=N–C) groups is 1. The molecule has 0 atom stereocenters. The molecule has 1 aliphatic heterocycles. The quantitative estimate of drug-likeness (QED) is 0.930. The molecule has 2 aromatic heterocycles. The van der Waals surface area contributed by atoms with Crippen molar-refractivity contribution in [3.63, 3.8) is 0 Å². The maximum Gasteiger partial charge on any atom is 0.434 e. The van der Waals surface area contributed by atoms with E-state index >= 15 is 0 Å². The Bertz CT molecular complexity index is 786. The van der Waals surface area contributed by atoms with E-state index < -0.39 is 11.9 Å². The van der Waals surface area contributed by atoms with Crippen LogP contribution in [0.1, 0.15) is 5.69 Å². The molecule has 0 saturated carbocycles. The summed E-state index contributed by atoms with van der Waals surface area (Å²) in [5, 5.41) is 3.48. The SMILES string of the molecule is Cn1cncc1-c1nc(C(F)(F)F)cn1CC1=NC=C(Cl)CN1. The van der Waals surface area contributed by atoms with Crippen LogP contribution in [-0.4, -0.2) is 31.5 Å². The lowest BCUT2D eigenvalue weighted by molar-refractivity contribution is -0.140. The normalized spacial score (nSPS) is 15.2. The van der Waals surface area contributed by atoms with Gasteiger partial charge in [0.2, 0.25) is 0 Å². The Morgan fingerprint density at radius 2 is 2.17 bits per heavy atom. The Labute approximate surface area is 134 Å². The zero-order valence-electron chi connectivity index (χ0n) is 12.0. The molecule has 0 bridgehead atoms. The number of alkyl halides is 3. The van der Waals surface area contributed by atoms with Crippen LogP contribution < -0.4 is 5.32 Å². The molecule has 6 nitrogen and oxygen atoms in total. The Morgan fingerprint density at radius 1 is 1.39 bits per heavy atom. The second-order valence-corrected chi connectivity index (χ2v) is 5.46. The van der Waals surface area contributed by atoms with Crippen LogP contribution in [0.4, 0.5) is 13.2 Å². The van der Waals surface area contributed by atoms with Crippen molar-refractivity contribution in [1.82, 2.24) is 24.4 Å². The number of aryl methyl sites for hydroxylation is 1. The van der Waals surface area contributed by atoms with Gasteiger partial charge in [-0.25, -0.2) is 15.0 Å². The number of imidazole rings is 2. The molecule has 0 amide bonds. The first-order valence-corrected chi connectivity index (χ1v) is 6.98. The van der Waals surface area contributed by atoms with Gasteiger partial charge in [-0.05, 0) is 0 Å². The average molecular weight is 345 g/mol. The van der Waals surface area contributed by atoms with E-state index in [-0.39, 0.29) is 12.4 Å². The highest BCUT2D eigenvalue weighted by Gasteiger charge is 2.35. The Kier molecular flexibility index (Phi) is 3.88. The number of halogens is 4. The zero-order valence-corrected chi connectivity index (χ0v) is 12.7. The van der Waals surface area contributed by atoms with Crippen molar-refractivity contribution < 1.29 is 13.2 Å². The minimum atomic E-state index is -4.52. The Morgan fingerprint density at radius 3 is 2.74 bits per heavy atom. The standard InChI is InChI=1S/C13H12ClF3N6/c1-22-7-18-4-9(22)12-21-10(13(15,16)17)5-23(12)6-11-19-2-8(14)3-20-11/h2,4-5,7H,3,6H2,1H3,(H,19,20). The van der Waals surface area contributed by atoms with Crippen LogP contribution >= 0.6 is 11.6 Å².